The summed E-state index contributed by atoms with van der Waals surface area (Å²) >= 11 is 0. The van der Waals surface area contributed by atoms with Gasteiger partial charge in [-0.25, -0.2) is 4.79 Å². The Labute approximate surface area is 206 Å². The number of carboxylic acids is 1. The van der Waals surface area contributed by atoms with Gasteiger partial charge in [0.05, 0.1) is 5.41 Å². The Bertz CT molecular complexity index is 1020. The Kier molecular flexibility index (Phi) is 8.06. The monoisotopic (exact) mass is 478 g/mol. The van der Waals surface area contributed by atoms with E-state index in [4.69, 9.17) is 4.74 Å². The molecule has 0 atom stereocenters. The Morgan fingerprint density at radius 1 is 0.886 bits per heavy atom. The number of carbonyl (C=O) groups excluding carboxylic acids is 2. The van der Waals surface area contributed by atoms with E-state index in [-0.39, 0.29) is 25.0 Å². The number of carboxylic acid groups (broad SMARTS) is 1. The van der Waals surface area contributed by atoms with Crippen molar-refractivity contribution in [2.75, 3.05) is 19.7 Å². The molecule has 4 rings (SSSR count). The Morgan fingerprint density at radius 2 is 1.51 bits per heavy atom. The zero-order valence-corrected chi connectivity index (χ0v) is 20.1. The van der Waals surface area contributed by atoms with Crippen LogP contribution < -0.4 is 10.6 Å². The lowest BCUT2D eigenvalue weighted by molar-refractivity contribution is -0.151. The van der Waals surface area contributed by atoms with Crippen LogP contribution in [0, 0.1) is 5.41 Å². The summed E-state index contributed by atoms with van der Waals surface area (Å²) in [6, 6.07) is 16.4. The van der Waals surface area contributed by atoms with Crippen LogP contribution in [0.15, 0.2) is 48.5 Å². The summed E-state index contributed by atoms with van der Waals surface area (Å²) in [5.41, 5.74) is 3.90. The van der Waals surface area contributed by atoms with E-state index in [1.54, 1.807) is 0 Å². The highest BCUT2D eigenvalue weighted by molar-refractivity contribution is 5.80. The molecule has 0 bridgehead atoms. The quantitative estimate of drug-likeness (QED) is 0.424. The molecule has 7 nitrogen and oxygen atoms in total. The minimum Gasteiger partial charge on any atom is -0.481 e. The number of nitrogens with one attached hydrogen (secondary N) is 2. The van der Waals surface area contributed by atoms with Crippen LogP contribution in [0.5, 0.6) is 0 Å². The fourth-order valence-corrected chi connectivity index (χ4v) is 5.30. The van der Waals surface area contributed by atoms with Crippen LogP contribution in [0.3, 0.4) is 0 Å². The lowest BCUT2D eigenvalue weighted by Crippen LogP contribution is -2.44. The first-order valence-corrected chi connectivity index (χ1v) is 12.6. The fraction of sp³-hybridized carbons (Fsp3) is 0.464. The second kappa shape index (κ2) is 11.4. The molecule has 2 amide bonds. The number of carbonyl (C=O) groups is 3. The third-order valence-corrected chi connectivity index (χ3v) is 7.33. The Balaban J connectivity index is 1.14. The maximum Gasteiger partial charge on any atom is 0.407 e. The van der Waals surface area contributed by atoms with Gasteiger partial charge in [0.15, 0.2) is 0 Å². The highest BCUT2D eigenvalue weighted by Crippen LogP contribution is 2.44. The minimum absolute atomic E-state index is 0.0232. The van der Waals surface area contributed by atoms with Crippen molar-refractivity contribution < 1.29 is 24.2 Å². The van der Waals surface area contributed by atoms with E-state index < -0.39 is 17.5 Å². The number of alkyl carbamates (subject to hydrolysis) is 1. The predicted octanol–water partition coefficient (Wildman–Crippen LogP) is 4.85. The van der Waals surface area contributed by atoms with Gasteiger partial charge in [0.1, 0.15) is 6.61 Å². The Morgan fingerprint density at radius 3 is 2.14 bits per heavy atom. The van der Waals surface area contributed by atoms with Gasteiger partial charge in [-0.3, -0.25) is 9.59 Å². The van der Waals surface area contributed by atoms with Gasteiger partial charge in [0, 0.05) is 25.4 Å². The molecule has 2 aliphatic rings. The van der Waals surface area contributed by atoms with Crippen molar-refractivity contribution in [1.29, 1.82) is 0 Å². The molecule has 0 spiro atoms. The lowest BCUT2D eigenvalue weighted by Gasteiger charge is -2.33. The average molecular weight is 479 g/mol. The molecule has 0 aromatic heterocycles. The van der Waals surface area contributed by atoms with Crippen LogP contribution in [0.25, 0.3) is 11.1 Å². The largest absolute Gasteiger partial charge is 0.481 e. The van der Waals surface area contributed by atoms with Crippen molar-refractivity contribution in [3.63, 3.8) is 0 Å². The summed E-state index contributed by atoms with van der Waals surface area (Å²) in [5, 5.41) is 15.2. The number of fused-ring (bicyclic) bond motifs is 3. The molecule has 3 N–H and O–H groups in total. The van der Waals surface area contributed by atoms with Crippen molar-refractivity contribution in [3.05, 3.63) is 59.7 Å². The lowest BCUT2D eigenvalue weighted by atomic mass is 9.74. The van der Waals surface area contributed by atoms with Crippen LogP contribution in [0.4, 0.5) is 4.79 Å². The second-order valence-corrected chi connectivity index (χ2v) is 9.63. The third-order valence-electron chi connectivity index (χ3n) is 7.33. The van der Waals surface area contributed by atoms with E-state index >= 15 is 0 Å². The first-order valence-electron chi connectivity index (χ1n) is 12.6. The van der Waals surface area contributed by atoms with E-state index in [9.17, 15) is 19.5 Å². The van der Waals surface area contributed by atoms with Gasteiger partial charge in [-0.2, -0.15) is 0 Å². The van der Waals surface area contributed by atoms with Crippen molar-refractivity contribution in [3.8, 4) is 11.1 Å². The van der Waals surface area contributed by atoms with Gasteiger partial charge in [-0.05, 0) is 47.9 Å². The summed E-state index contributed by atoms with van der Waals surface area (Å²) in [4.78, 5) is 36.1. The third kappa shape index (κ3) is 5.84. The summed E-state index contributed by atoms with van der Waals surface area (Å²) < 4.78 is 5.52. The molecule has 0 radical (unpaired) electrons. The van der Waals surface area contributed by atoms with E-state index in [1.165, 1.54) is 22.3 Å². The minimum atomic E-state index is -0.820. The van der Waals surface area contributed by atoms with Gasteiger partial charge >= 0.3 is 12.1 Å². The second-order valence-electron chi connectivity index (χ2n) is 9.63. The fourth-order valence-electron chi connectivity index (χ4n) is 5.30. The number of hydrogen-bond acceptors (Lipinski definition) is 4. The van der Waals surface area contributed by atoms with Gasteiger partial charge in [0.2, 0.25) is 5.91 Å². The number of hydrogen-bond donors (Lipinski definition) is 3. The number of aliphatic carboxylic acids is 1. The molecule has 0 saturated heterocycles. The van der Waals surface area contributed by atoms with Crippen molar-refractivity contribution in [2.24, 2.45) is 5.41 Å². The molecule has 35 heavy (non-hydrogen) atoms. The zero-order valence-electron chi connectivity index (χ0n) is 20.1. The number of benzene rings is 2. The summed E-state index contributed by atoms with van der Waals surface area (Å²) in [7, 11) is 0. The van der Waals surface area contributed by atoms with Crippen molar-refractivity contribution >= 4 is 18.0 Å². The number of amides is 2. The molecular formula is C28H34N2O5. The summed E-state index contributed by atoms with van der Waals surface area (Å²) in [6.07, 6.45) is 5.17. The number of ether oxygens (including phenoxy) is 1. The van der Waals surface area contributed by atoms with Gasteiger partial charge < -0.3 is 20.5 Å². The van der Waals surface area contributed by atoms with Crippen molar-refractivity contribution in [1.82, 2.24) is 10.6 Å². The first kappa shape index (κ1) is 24.8. The average Bonchev–Trinajstić information content (AvgIpc) is 3.20. The number of unbranched alkanes of at least 4 members (excludes halogenated alkanes) is 1. The van der Waals surface area contributed by atoms with Crippen LogP contribution in [-0.4, -0.2) is 42.8 Å². The topological polar surface area (TPSA) is 105 Å². The van der Waals surface area contributed by atoms with Crippen LogP contribution in [0.2, 0.25) is 0 Å². The van der Waals surface area contributed by atoms with Crippen LogP contribution >= 0.6 is 0 Å². The molecule has 1 saturated carbocycles. The van der Waals surface area contributed by atoms with E-state index in [0.717, 1.165) is 19.3 Å². The van der Waals surface area contributed by atoms with Crippen molar-refractivity contribution in [2.45, 2.75) is 57.3 Å². The standard InChI is InChI=1S/C28H34N2O5/c31-25(30-19-28(26(32)33)15-7-1-8-16-28)14-6-9-17-29-27(34)35-18-24-22-12-4-2-10-20(22)21-11-3-5-13-23(21)24/h2-5,10-13,24H,1,6-9,14-19H2,(H,29,34)(H,30,31)(H,32,33). The number of rotatable bonds is 10. The Hall–Kier alpha value is -3.35. The SMILES string of the molecule is O=C(CCCCNC(=O)OCC1c2ccccc2-c2ccccc21)NCC1(C(=O)O)CCCCC1. The van der Waals surface area contributed by atoms with E-state index in [1.807, 2.05) is 24.3 Å². The maximum absolute atomic E-state index is 12.2. The molecule has 0 aliphatic heterocycles. The molecule has 7 heteroatoms. The van der Waals surface area contributed by atoms with E-state index in [2.05, 4.69) is 34.9 Å². The first-order chi connectivity index (χ1) is 17.0. The van der Waals surface area contributed by atoms with Crippen LogP contribution in [-0.2, 0) is 14.3 Å². The molecule has 1 fully saturated rings. The highest BCUT2D eigenvalue weighted by atomic mass is 16.5. The summed E-state index contributed by atoms with van der Waals surface area (Å²) in [6.45, 7) is 0.885. The van der Waals surface area contributed by atoms with Gasteiger partial charge in [-0.1, -0.05) is 67.8 Å². The maximum atomic E-state index is 12.2. The van der Waals surface area contributed by atoms with E-state index in [0.29, 0.717) is 38.6 Å². The molecule has 0 unspecified atom stereocenters. The van der Waals surface area contributed by atoms with Crippen LogP contribution in [0.1, 0.15) is 68.4 Å². The zero-order chi connectivity index (χ0) is 24.7. The molecule has 2 aliphatic carbocycles. The smallest absolute Gasteiger partial charge is 0.407 e. The molecular weight excluding hydrogens is 444 g/mol. The normalized spacial score (nSPS) is 16.1. The highest BCUT2D eigenvalue weighted by Gasteiger charge is 2.39. The molecule has 0 heterocycles. The van der Waals surface area contributed by atoms with Gasteiger partial charge in [-0.15, -0.1) is 0 Å². The molecule has 186 valence electrons. The summed E-state index contributed by atoms with van der Waals surface area (Å²) in [5.74, 6) is -0.933. The molecule has 2 aromatic rings. The predicted molar refractivity (Wildman–Crippen MR) is 133 cm³/mol. The molecule has 2 aromatic carbocycles. The van der Waals surface area contributed by atoms with Gasteiger partial charge in [0.25, 0.3) is 0 Å².